The molecule has 0 amide bonds. The maximum absolute atomic E-state index is 7.01. The molecule has 0 aliphatic rings. The molecule has 2 nitrogen and oxygen atoms in total. The molecule has 3 aromatic carbocycles. The van der Waals surface area contributed by atoms with E-state index in [9.17, 15) is 0 Å². The van der Waals surface area contributed by atoms with Gasteiger partial charge in [-0.05, 0) is 74.6 Å². The van der Waals surface area contributed by atoms with E-state index >= 15 is 0 Å². The summed E-state index contributed by atoms with van der Waals surface area (Å²) in [6, 6.07) is 19.5. The highest BCUT2D eigenvalue weighted by Gasteiger charge is 2.31. The highest BCUT2D eigenvalue weighted by Crippen LogP contribution is 2.49. The molecule has 0 aromatic heterocycles. The van der Waals surface area contributed by atoms with E-state index in [-0.39, 0.29) is 10.8 Å². The number of benzene rings is 3. The van der Waals surface area contributed by atoms with E-state index < -0.39 is 8.38 Å². The summed E-state index contributed by atoms with van der Waals surface area (Å²) in [5.74, 6) is 1.94. The van der Waals surface area contributed by atoms with Crippen LogP contribution in [-0.4, -0.2) is 0 Å². The molecule has 0 bridgehead atoms. The molecule has 0 N–H and O–H groups in total. The molecule has 0 atom stereocenters. The zero-order valence-corrected chi connectivity index (χ0v) is 25.7. The highest BCUT2D eigenvalue weighted by atomic mass is 31.2. The maximum atomic E-state index is 7.01. The molecule has 3 heteroatoms. The average Bonchev–Trinajstić information content (AvgIpc) is 2.81. The van der Waals surface area contributed by atoms with Crippen molar-refractivity contribution < 1.29 is 9.05 Å². The van der Waals surface area contributed by atoms with Gasteiger partial charge in [0.05, 0.1) is 5.30 Å². The Bertz CT molecular complexity index is 1120. The molecule has 0 saturated heterocycles. The molecule has 0 aliphatic heterocycles. The monoisotopic (exact) mass is 518 g/mol. The van der Waals surface area contributed by atoms with Crippen molar-refractivity contribution in [1.82, 2.24) is 0 Å². The Labute approximate surface area is 227 Å². The second-order valence-corrected chi connectivity index (χ2v) is 13.4. The van der Waals surface area contributed by atoms with Crippen LogP contribution in [0, 0.1) is 27.7 Å². The summed E-state index contributed by atoms with van der Waals surface area (Å²) >= 11 is 0. The summed E-state index contributed by atoms with van der Waals surface area (Å²) in [6.45, 7) is 22.5. The van der Waals surface area contributed by atoms with Crippen LogP contribution in [0.3, 0.4) is 0 Å². The molecule has 0 radical (unpaired) electrons. The Kier molecular flexibility index (Phi) is 9.52. The van der Waals surface area contributed by atoms with Gasteiger partial charge in [0.15, 0.2) is 0 Å². The SMILES string of the molecule is CCCC(C)(C)c1cc(C)cc(C)c1OP(Oc1c(C)cc(C)cc1C(C)(C)CCC)c1ccccc1. The highest BCUT2D eigenvalue weighted by molar-refractivity contribution is 7.56. The molecule has 3 aromatic rings. The average molecular weight is 519 g/mol. The Morgan fingerprint density at radius 3 is 1.41 bits per heavy atom. The minimum Gasteiger partial charge on any atom is -0.435 e. The predicted molar refractivity (Wildman–Crippen MR) is 162 cm³/mol. The van der Waals surface area contributed by atoms with Crippen molar-refractivity contribution in [3.8, 4) is 11.5 Å². The number of rotatable bonds is 11. The van der Waals surface area contributed by atoms with Gasteiger partial charge >= 0.3 is 8.38 Å². The third-order valence-electron chi connectivity index (χ3n) is 7.36. The van der Waals surface area contributed by atoms with Crippen LogP contribution in [0.15, 0.2) is 54.6 Å². The number of hydrogen-bond donors (Lipinski definition) is 0. The Morgan fingerprint density at radius 2 is 1.03 bits per heavy atom. The first-order valence-electron chi connectivity index (χ1n) is 13.8. The largest absolute Gasteiger partial charge is 0.435 e. The Balaban J connectivity index is 2.17. The first-order chi connectivity index (χ1) is 17.4. The van der Waals surface area contributed by atoms with Gasteiger partial charge in [-0.25, -0.2) is 0 Å². The molecule has 0 spiro atoms. The van der Waals surface area contributed by atoms with E-state index in [1.54, 1.807) is 0 Å². The fraction of sp³-hybridized carbons (Fsp3) is 0.471. The molecule has 200 valence electrons. The van der Waals surface area contributed by atoms with Crippen LogP contribution in [0.1, 0.15) is 101 Å². The van der Waals surface area contributed by atoms with Crippen molar-refractivity contribution in [2.24, 2.45) is 0 Å². The van der Waals surface area contributed by atoms with E-state index in [4.69, 9.17) is 9.05 Å². The van der Waals surface area contributed by atoms with E-state index in [2.05, 4.69) is 124 Å². The van der Waals surface area contributed by atoms with Crippen molar-refractivity contribution in [3.05, 3.63) is 88.0 Å². The van der Waals surface area contributed by atoms with Crippen molar-refractivity contribution in [3.63, 3.8) is 0 Å². The normalized spacial score (nSPS) is 12.2. The minimum absolute atomic E-state index is 0.00656. The topological polar surface area (TPSA) is 18.5 Å². The van der Waals surface area contributed by atoms with Gasteiger partial charge in [-0.15, -0.1) is 0 Å². The lowest BCUT2D eigenvalue weighted by Gasteiger charge is -2.32. The van der Waals surface area contributed by atoms with Gasteiger partial charge in [-0.3, -0.25) is 0 Å². The standard InChI is InChI=1S/C34H47O2P/c1-11-18-33(7,8)29-22-24(3)20-26(5)31(29)35-37(28-16-14-13-15-17-28)36-32-27(6)21-25(4)23-30(32)34(9,10)19-12-2/h13-17,20-23H,11-12,18-19H2,1-10H3. The lowest BCUT2D eigenvalue weighted by atomic mass is 9.79. The first kappa shape index (κ1) is 29.2. The van der Waals surface area contributed by atoms with E-state index in [0.717, 1.165) is 42.5 Å². The van der Waals surface area contributed by atoms with Crippen LogP contribution in [0.2, 0.25) is 0 Å². The minimum atomic E-state index is -1.41. The molecule has 3 rings (SSSR count). The summed E-state index contributed by atoms with van der Waals surface area (Å²) in [5, 5.41) is 1.08. The summed E-state index contributed by atoms with van der Waals surface area (Å²) in [5.41, 5.74) is 7.42. The summed E-state index contributed by atoms with van der Waals surface area (Å²) in [7, 11) is -1.41. The zero-order valence-electron chi connectivity index (χ0n) is 24.8. The molecule has 0 unspecified atom stereocenters. The van der Waals surface area contributed by atoms with E-state index in [0.29, 0.717) is 0 Å². The maximum Gasteiger partial charge on any atom is 0.326 e. The van der Waals surface area contributed by atoms with Crippen molar-refractivity contribution >= 4 is 13.7 Å². The summed E-state index contributed by atoms with van der Waals surface area (Å²) in [6.07, 6.45) is 4.45. The van der Waals surface area contributed by atoms with Crippen molar-refractivity contribution in [2.75, 3.05) is 0 Å². The smallest absolute Gasteiger partial charge is 0.326 e. The van der Waals surface area contributed by atoms with Gasteiger partial charge in [-0.2, -0.15) is 0 Å². The van der Waals surface area contributed by atoms with Crippen LogP contribution in [0.4, 0.5) is 0 Å². The summed E-state index contributed by atoms with van der Waals surface area (Å²) in [4.78, 5) is 0. The Morgan fingerprint density at radius 1 is 0.622 bits per heavy atom. The molecular formula is C34H47O2P. The second kappa shape index (κ2) is 12.0. The van der Waals surface area contributed by atoms with Crippen LogP contribution in [0.5, 0.6) is 11.5 Å². The van der Waals surface area contributed by atoms with Gasteiger partial charge in [-0.1, -0.05) is 108 Å². The van der Waals surface area contributed by atoms with Crippen LogP contribution in [-0.2, 0) is 10.8 Å². The van der Waals surface area contributed by atoms with Crippen LogP contribution < -0.4 is 14.4 Å². The fourth-order valence-corrected chi connectivity index (χ4v) is 7.00. The molecule has 37 heavy (non-hydrogen) atoms. The van der Waals surface area contributed by atoms with Gasteiger partial charge in [0, 0.05) is 11.1 Å². The molecule has 0 aliphatic carbocycles. The fourth-order valence-electron chi connectivity index (χ4n) is 5.52. The number of hydrogen-bond acceptors (Lipinski definition) is 2. The van der Waals surface area contributed by atoms with Crippen LogP contribution in [0.25, 0.3) is 0 Å². The lowest BCUT2D eigenvalue weighted by Crippen LogP contribution is -2.21. The quantitative estimate of drug-likeness (QED) is 0.235. The van der Waals surface area contributed by atoms with Crippen LogP contribution >= 0.6 is 8.38 Å². The van der Waals surface area contributed by atoms with E-state index in [1.165, 1.54) is 33.4 Å². The zero-order chi connectivity index (χ0) is 27.4. The third-order valence-corrected chi connectivity index (χ3v) is 8.78. The molecule has 0 saturated carbocycles. The Hall–Kier alpha value is -2.31. The van der Waals surface area contributed by atoms with Gasteiger partial charge < -0.3 is 9.05 Å². The van der Waals surface area contributed by atoms with Crippen molar-refractivity contribution in [2.45, 2.75) is 106 Å². The lowest BCUT2D eigenvalue weighted by molar-refractivity contribution is 0.428. The first-order valence-corrected chi connectivity index (χ1v) is 15.0. The van der Waals surface area contributed by atoms with Gasteiger partial charge in [0.2, 0.25) is 0 Å². The van der Waals surface area contributed by atoms with E-state index in [1.807, 2.05) is 0 Å². The van der Waals surface area contributed by atoms with Crippen molar-refractivity contribution in [1.29, 1.82) is 0 Å². The number of aryl methyl sites for hydroxylation is 4. The van der Waals surface area contributed by atoms with Gasteiger partial charge in [0.1, 0.15) is 11.5 Å². The molecule has 0 fully saturated rings. The second-order valence-electron chi connectivity index (χ2n) is 12.0. The van der Waals surface area contributed by atoms with Gasteiger partial charge in [0.25, 0.3) is 0 Å². The summed E-state index contributed by atoms with van der Waals surface area (Å²) < 4.78 is 14.0. The molecule has 0 heterocycles. The third kappa shape index (κ3) is 6.97. The molecular weight excluding hydrogens is 471 g/mol. The predicted octanol–water partition coefficient (Wildman–Crippen LogP) is 10.2.